The van der Waals surface area contributed by atoms with Gasteiger partial charge in [0.1, 0.15) is 0 Å². The molecular weight excluding hydrogens is 433 g/mol. The second kappa shape index (κ2) is 13.7. The van der Waals surface area contributed by atoms with Crippen molar-refractivity contribution in [1.82, 2.24) is 0 Å². The number of thiophene rings is 3. The fraction of sp³-hybridized carbons (Fsp3) is 0.500. The van der Waals surface area contributed by atoms with Gasteiger partial charge in [0.2, 0.25) is 0 Å². The van der Waals surface area contributed by atoms with E-state index >= 15 is 0 Å². The summed E-state index contributed by atoms with van der Waals surface area (Å²) in [7, 11) is 0. The summed E-state index contributed by atoms with van der Waals surface area (Å²) in [5.74, 6) is 1.03. The van der Waals surface area contributed by atoms with Gasteiger partial charge in [0.05, 0.1) is 6.61 Å². The molecule has 0 aromatic carbocycles. The van der Waals surface area contributed by atoms with Gasteiger partial charge in [0.15, 0.2) is 0 Å². The second-order valence-electron chi connectivity index (χ2n) is 7.33. The number of hydrogen-bond donors (Lipinski definition) is 1. The van der Waals surface area contributed by atoms with Crippen LogP contribution in [-0.2, 0) is 11.2 Å². The summed E-state index contributed by atoms with van der Waals surface area (Å²) in [5.41, 5.74) is 1.43. The minimum atomic E-state index is 0.822. The van der Waals surface area contributed by atoms with Crippen molar-refractivity contribution >= 4 is 46.6 Å². The molecular formula is C24H32OS4. The Morgan fingerprint density at radius 2 is 1.38 bits per heavy atom. The number of unbranched alkanes of at least 4 members (excludes halogenated alkanes) is 7. The molecule has 0 aliphatic heterocycles. The molecule has 0 amide bonds. The van der Waals surface area contributed by atoms with Crippen molar-refractivity contribution in [2.45, 2.75) is 57.8 Å². The highest BCUT2D eigenvalue weighted by molar-refractivity contribution is 7.80. The number of hydrogen-bond acceptors (Lipinski definition) is 5. The van der Waals surface area contributed by atoms with E-state index in [4.69, 9.17) is 4.74 Å². The Morgan fingerprint density at radius 1 is 0.724 bits per heavy atom. The van der Waals surface area contributed by atoms with Gasteiger partial charge in [0, 0.05) is 26.1 Å². The van der Waals surface area contributed by atoms with Crippen LogP contribution >= 0.6 is 46.6 Å². The van der Waals surface area contributed by atoms with Gasteiger partial charge in [-0.1, -0.05) is 50.7 Å². The Balaban J connectivity index is 1.36. The summed E-state index contributed by atoms with van der Waals surface area (Å²) in [6.45, 7) is 1.72. The van der Waals surface area contributed by atoms with E-state index in [2.05, 4.69) is 53.7 Å². The Morgan fingerprint density at radius 3 is 2.03 bits per heavy atom. The van der Waals surface area contributed by atoms with Gasteiger partial charge in [-0.05, 0) is 59.5 Å². The second-order valence-corrected chi connectivity index (χ2v) is 10.7. The largest absolute Gasteiger partial charge is 0.381 e. The molecule has 0 bridgehead atoms. The monoisotopic (exact) mass is 464 g/mol. The lowest BCUT2D eigenvalue weighted by molar-refractivity contribution is 0.133. The van der Waals surface area contributed by atoms with Crippen molar-refractivity contribution in [2.75, 3.05) is 19.0 Å². The first kappa shape index (κ1) is 23.1. The first-order chi connectivity index (χ1) is 14.4. The molecule has 0 radical (unpaired) electrons. The number of thiol groups is 1. The lowest BCUT2D eigenvalue weighted by Crippen LogP contribution is -2.00. The average molecular weight is 465 g/mol. The van der Waals surface area contributed by atoms with Crippen LogP contribution in [0.15, 0.2) is 41.1 Å². The fourth-order valence-electron chi connectivity index (χ4n) is 3.43. The molecule has 0 N–H and O–H groups in total. The minimum Gasteiger partial charge on any atom is -0.381 e. The van der Waals surface area contributed by atoms with E-state index in [1.807, 2.05) is 34.0 Å². The van der Waals surface area contributed by atoms with E-state index in [0.717, 1.165) is 25.4 Å². The number of rotatable bonds is 15. The van der Waals surface area contributed by atoms with E-state index in [1.165, 1.54) is 76.4 Å². The van der Waals surface area contributed by atoms with Gasteiger partial charge in [-0.15, -0.1) is 34.0 Å². The third-order valence-corrected chi connectivity index (χ3v) is 8.64. The lowest BCUT2D eigenvalue weighted by Gasteiger charge is -2.05. The molecule has 5 heteroatoms. The molecule has 0 unspecified atom stereocenters. The topological polar surface area (TPSA) is 9.23 Å². The zero-order valence-electron chi connectivity index (χ0n) is 17.1. The van der Waals surface area contributed by atoms with Crippen LogP contribution in [0.4, 0.5) is 0 Å². The van der Waals surface area contributed by atoms with Crippen LogP contribution in [0.3, 0.4) is 0 Å². The van der Waals surface area contributed by atoms with Gasteiger partial charge in [-0.25, -0.2) is 0 Å². The highest BCUT2D eigenvalue weighted by Crippen LogP contribution is 2.41. The summed E-state index contributed by atoms with van der Waals surface area (Å²) in [6, 6.07) is 11.1. The van der Waals surface area contributed by atoms with Crippen molar-refractivity contribution in [1.29, 1.82) is 0 Å². The number of ether oxygens (including phenoxy) is 1. The van der Waals surface area contributed by atoms with E-state index in [1.54, 1.807) is 0 Å². The quantitative estimate of drug-likeness (QED) is 0.175. The highest BCUT2D eigenvalue weighted by Gasteiger charge is 2.13. The molecule has 0 saturated heterocycles. The third kappa shape index (κ3) is 7.87. The summed E-state index contributed by atoms with van der Waals surface area (Å²) >= 11 is 9.84. The van der Waals surface area contributed by atoms with Gasteiger partial charge in [0.25, 0.3) is 0 Å². The van der Waals surface area contributed by atoms with E-state index < -0.39 is 0 Å². The molecule has 3 aromatic heterocycles. The molecule has 158 valence electrons. The van der Waals surface area contributed by atoms with Crippen molar-refractivity contribution in [3.63, 3.8) is 0 Å². The summed E-state index contributed by atoms with van der Waals surface area (Å²) < 4.78 is 5.97. The summed E-state index contributed by atoms with van der Waals surface area (Å²) in [4.78, 5) is 5.55. The fourth-order valence-corrected chi connectivity index (χ4v) is 6.58. The molecule has 29 heavy (non-hydrogen) atoms. The predicted octanol–water partition coefficient (Wildman–Crippen LogP) is 8.81. The Bertz CT molecular complexity index is 774. The van der Waals surface area contributed by atoms with Crippen molar-refractivity contribution in [3.8, 4) is 19.5 Å². The lowest BCUT2D eigenvalue weighted by atomic mass is 10.1. The molecule has 3 aromatic rings. The normalized spacial score (nSPS) is 11.3. The first-order valence-electron chi connectivity index (χ1n) is 10.8. The van der Waals surface area contributed by atoms with Gasteiger partial charge in [-0.3, -0.25) is 0 Å². The van der Waals surface area contributed by atoms with E-state index in [9.17, 15) is 0 Å². The van der Waals surface area contributed by atoms with Crippen LogP contribution in [0.5, 0.6) is 0 Å². The first-order valence-corrected chi connectivity index (χ1v) is 14.0. The molecule has 3 heterocycles. The molecule has 0 saturated carbocycles. The highest BCUT2D eigenvalue weighted by atomic mass is 32.1. The summed E-state index contributed by atoms with van der Waals surface area (Å²) in [6.07, 6.45) is 11.6. The molecule has 0 fully saturated rings. The Kier molecular flexibility index (Phi) is 10.9. The van der Waals surface area contributed by atoms with Crippen LogP contribution in [0.25, 0.3) is 19.5 Å². The molecule has 3 rings (SSSR count). The van der Waals surface area contributed by atoms with Gasteiger partial charge < -0.3 is 4.74 Å². The van der Waals surface area contributed by atoms with Crippen molar-refractivity contribution in [2.24, 2.45) is 0 Å². The van der Waals surface area contributed by atoms with Crippen LogP contribution in [0.2, 0.25) is 0 Å². The van der Waals surface area contributed by atoms with Crippen LogP contribution in [0, 0.1) is 0 Å². The van der Waals surface area contributed by atoms with Crippen molar-refractivity contribution in [3.05, 3.63) is 46.7 Å². The maximum Gasteiger partial charge on any atom is 0.0506 e. The zero-order chi connectivity index (χ0) is 20.2. The standard InChI is InChI=1S/C24H32OS4/c26-16-8-6-4-2-1-3-5-7-14-25-15-13-20-19-23(21-11-9-17-27-21)29-24(20)22-12-10-18-28-22/h9-12,17-19,26H,1-8,13-16H2. The predicted molar refractivity (Wildman–Crippen MR) is 136 cm³/mol. The minimum absolute atomic E-state index is 0.822. The molecule has 0 atom stereocenters. The maximum absolute atomic E-state index is 5.97. The van der Waals surface area contributed by atoms with Crippen LogP contribution < -0.4 is 0 Å². The smallest absolute Gasteiger partial charge is 0.0506 e. The van der Waals surface area contributed by atoms with Gasteiger partial charge >= 0.3 is 0 Å². The van der Waals surface area contributed by atoms with Crippen LogP contribution in [0.1, 0.15) is 56.9 Å². The molecule has 0 aliphatic carbocycles. The van der Waals surface area contributed by atoms with Crippen LogP contribution in [-0.4, -0.2) is 19.0 Å². The summed E-state index contributed by atoms with van der Waals surface area (Å²) in [5, 5.41) is 4.32. The molecule has 0 aliphatic rings. The van der Waals surface area contributed by atoms with Gasteiger partial charge in [-0.2, -0.15) is 12.6 Å². The third-order valence-electron chi connectivity index (χ3n) is 5.03. The SMILES string of the molecule is SCCCCCCCCCCOCCc1cc(-c2cccs2)sc1-c1cccs1. The zero-order valence-corrected chi connectivity index (χ0v) is 20.5. The average Bonchev–Trinajstić information content (AvgIpc) is 3.49. The van der Waals surface area contributed by atoms with E-state index in [-0.39, 0.29) is 0 Å². The molecule has 1 nitrogen and oxygen atoms in total. The maximum atomic E-state index is 5.97. The Labute approximate surface area is 193 Å². The molecule has 0 spiro atoms. The Hall–Kier alpha value is -0.590. The van der Waals surface area contributed by atoms with E-state index in [0.29, 0.717) is 0 Å². The van der Waals surface area contributed by atoms with Crippen molar-refractivity contribution < 1.29 is 4.74 Å².